The number of fused-ring (bicyclic) bond motifs is 1. The summed E-state index contributed by atoms with van der Waals surface area (Å²) in [5.74, 6) is 2.03. The second-order valence-electron chi connectivity index (χ2n) is 6.79. The van der Waals surface area contributed by atoms with E-state index in [9.17, 15) is 4.79 Å². The Kier molecular flexibility index (Phi) is 4.71. The summed E-state index contributed by atoms with van der Waals surface area (Å²) in [5.41, 5.74) is 2.88. The monoisotopic (exact) mass is 365 g/mol. The van der Waals surface area contributed by atoms with Gasteiger partial charge in [-0.05, 0) is 36.8 Å². The molecule has 4 rings (SSSR count). The maximum atomic E-state index is 12.8. The number of ether oxygens (including phenoxy) is 2. The highest BCUT2D eigenvalue weighted by atomic mass is 16.5. The van der Waals surface area contributed by atoms with Gasteiger partial charge in [-0.1, -0.05) is 6.07 Å². The molecule has 1 atom stereocenters. The molecule has 0 spiro atoms. The number of pyridine rings is 1. The van der Waals surface area contributed by atoms with Crippen LogP contribution < -0.4 is 9.47 Å². The van der Waals surface area contributed by atoms with E-state index in [1.807, 2.05) is 51.9 Å². The van der Waals surface area contributed by atoms with Gasteiger partial charge >= 0.3 is 0 Å². The van der Waals surface area contributed by atoms with E-state index in [0.29, 0.717) is 13.0 Å². The Morgan fingerprint density at radius 1 is 1.22 bits per heavy atom. The van der Waals surface area contributed by atoms with Crippen molar-refractivity contribution in [1.29, 1.82) is 0 Å². The molecule has 1 amide bonds. The summed E-state index contributed by atoms with van der Waals surface area (Å²) in [6.07, 6.45) is 5.00. The summed E-state index contributed by atoms with van der Waals surface area (Å²) in [7, 11) is 3.33. The molecule has 6 nitrogen and oxygen atoms in total. The minimum Gasteiger partial charge on any atom is -0.497 e. The predicted octanol–water partition coefficient (Wildman–Crippen LogP) is 2.91. The lowest BCUT2D eigenvalue weighted by atomic mass is 9.97. The third kappa shape index (κ3) is 3.35. The molecular formula is C21H23N3O3. The smallest absolute Gasteiger partial charge is 0.228 e. The number of carbonyl (C=O) groups is 1. The highest BCUT2D eigenvalue weighted by molar-refractivity contribution is 5.79. The van der Waals surface area contributed by atoms with E-state index in [2.05, 4.69) is 4.98 Å². The van der Waals surface area contributed by atoms with Gasteiger partial charge in [0.25, 0.3) is 0 Å². The van der Waals surface area contributed by atoms with Crippen molar-refractivity contribution < 1.29 is 14.3 Å². The molecule has 1 aliphatic rings. The van der Waals surface area contributed by atoms with Gasteiger partial charge in [-0.3, -0.25) is 4.79 Å². The SMILES string of the molecule is COc1ccc(OC)c(C2CCN(C(=O)Cc3cnc4ccccn34)C2)c1. The fraction of sp³-hybridized carbons (Fsp3) is 0.333. The first-order valence-corrected chi connectivity index (χ1v) is 9.10. The Hall–Kier alpha value is -3.02. The van der Waals surface area contributed by atoms with Crippen molar-refractivity contribution >= 4 is 11.6 Å². The molecule has 1 aromatic carbocycles. The van der Waals surface area contributed by atoms with E-state index >= 15 is 0 Å². The van der Waals surface area contributed by atoms with Gasteiger partial charge in [0.05, 0.1) is 26.3 Å². The number of hydrogen-bond acceptors (Lipinski definition) is 4. The molecule has 1 fully saturated rings. The standard InChI is InChI=1S/C21H23N3O3/c1-26-17-6-7-19(27-2)18(12-17)15-8-10-23(14-15)21(25)11-16-13-22-20-5-3-4-9-24(16)20/h3-7,9,12-13,15H,8,10-11,14H2,1-2H3. The molecule has 0 N–H and O–H groups in total. The summed E-state index contributed by atoms with van der Waals surface area (Å²) >= 11 is 0. The van der Waals surface area contributed by atoms with Crippen molar-refractivity contribution in [1.82, 2.24) is 14.3 Å². The maximum absolute atomic E-state index is 12.8. The second-order valence-corrected chi connectivity index (χ2v) is 6.79. The maximum Gasteiger partial charge on any atom is 0.228 e. The van der Waals surface area contributed by atoms with Crippen LogP contribution in [0.1, 0.15) is 23.6 Å². The lowest BCUT2D eigenvalue weighted by Gasteiger charge is -2.18. The van der Waals surface area contributed by atoms with E-state index in [4.69, 9.17) is 9.47 Å². The lowest BCUT2D eigenvalue weighted by Crippen LogP contribution is -2.30. The number of rotatable bonds is 5. The number of hydrogen-bond donors (Lipinski definition) is 0. The van der Waals surface area contributed by atoms with Crippen LogP contribution in [0.25, 0.3) is 5.65 Å². The number of imidazole rings is 1. The predicted molar refractivity (Wildman–Crippen MR) is 102 cm³/mol. The Morgan fingerprint density at radius 2 is 2.11 bits per heavy atom. The van der Waals surface area contributed by atoms with Crippen molar-refractivity contribution in [2.75, 3.05) is 27.3 Å². The van der Waals surface area contributed by atoms with Crippen LogP contribution in [0.4, 0.5) is 0 Å². The number of amides is 1. The van der Waals surface area contributed by atoms with Crippen LogP contribution in [-0.4, -0.2) is 47.5 Å². The van der Waals surface area contributed by atoms with Crippen LogP contribution in [0.2, 0.25) is 0 Å². The number of carbonyl (C=O) groups excluding carboxylic acids is 1. The Balaban J connectivity index is 1.49. The first-order chi connectivity index (χ1) is 13.2. The summed E-state index contributed by atoms with van der Waals surface area (Å²) in [6.45, 7) is 1.44. The quantitative estimate of drug-likeness (QED) is 0.698. The third-order valence-electron chi connectivity index (χ3n) is 5.24. The van der Waals surface area contributed by atoms with Crippen LogP contribution in [-0.2, 0) is 11.2 Å². The zero-order valence-corrected chi connectivity index (χ0v) is 15.6. The van der Waals surface area contributed by atoms with E-state index in [1.165, 1.54) is 0 Å². The number of nitrogens with zero attached hydrogens (tertiary/aromatic N) is 3. The van der Waals surface area contributed by atoms with E-state index in [-0.39, 0.29) is 11.8 Å². The lowest BCUT2D eigenvalue weighted by molar-refractivity contribution is -0.129. The van der Waals surface area contributed by atoms with Crippen molar-refractivity contribution in [3.63, 3.8) is 0 Å². The molecule has 0 aliphatic carbocycles. The van der Waals surface area contributed by atoms with Gasteiger partial charge in [-0.25, -0.2) is 4.98 Å². The van der Waals surface area contributed by atoms with Crippen LogP contribution in [0.3, 0.4) is 0 Å². The molecule has 1 saturated heterocycles. The highest BCUT2D eigenvalue weighted by Gasteiger charge is 2.29. The van der Waals surface area contributed by atoms with Gasteiger partial charge in [-0.15, -0.1) is 0 Å². The number of aromatic nitrogens is 2. The number of benzene rings is 1. The minimum atomic E-state index is 0.130. The number of methoxy groups -OCH3 is 2. The molecule has 1 unspecified atom stereocenters. The molecular weight excluding hydrogens is 342 g/mol. The molecule has 2 aromatic heterocycles. The van der Waals surface area contributed by atoms with Crippen LogP contribution >= 0.6 is 0 Å². The molecule has 0 saturated carbocycles. The fourth-order valence-corrected chi connectivity index (χ4v) is 3.78. The molecule has 27 heavy (non-hydrogen) atoms. The summed E-state index contributed by atoms with van der Waals surface area (Å²) < 4.78 is 12.8. The molecule has 3 heterocycles. The second kappa shape index (κ2) is 7.31. The highest BCUT2D eigenvalue weighted by Crippen LogP contribution is 2.36. The van der Waals surface area contributed by atoms with Gasteiger partial charge in [0.1, 0.15) is 17.1 Å². The third-order valence-corrected chi connectivity index (χ3v) is 5.24. The summed E-state index contributed by atoms with van der Waals surface area (Å²) in [4.78, 5) is 19.1. The first-order valence-electron chi connectivity index (χ1n) is 9.10. The normalized spacial score (nSPS) is 16.7. The Bertz CT molecular complexity index is 966. The zero-order valence-electron chi connectivity index (χ0n) is 15.6. The topological polar surface area (TPSA) is 56.1 Å². The van der Waals surface area contributed by atoms with Crippen molar-refractivity contribution in [3.05, 3.63) is 60.0 Å². The Morgan fingerprint density at radius 3 is 2.93 bits per heavy atom. The van der Waals surface area contributed by atoms with Crippen molar-refractivity contribution in [3.8, 4) is 11.5 Å². The van der Waals surface area contributed by atoms with E-state index in [1.54, 1.807) is 20.4 Å². The van der Waals surface area contributed by atoms with Gasteiger partial charge in [0, 0.05) is 37.0 Å². The largest absolute Gasteiger partial charge is 0.497 e. The Labute approximate surface area is 158 Å². The molecule has 0 bridgehead atoms. The zero-order chi connectivity index (χ0) is 18.8. The van der Waals surface area contributed by atoms with Crippen LogP contribution in [0.15, 0.2) is 48.8 Å². The van der Waals surface area contributed by atoms with E-state index in [0.717, 1.165) is 41.4 Å². The van der Waals surface area contributed by atoms with Crippen molar-refractivity contribution in [2.45, 2.75) is 18.8 Å². The average Bonchev–Trinajstić information content (AvgIpc) is 3.35. The first kappa shape index (κ1) is 17.4. The molecule has 6 heteroatoms. The van der Waals surface area contributed by atoms with Gasteiger partial charge < -0.3 is 18.8 Å². The summed E-state index contributed by atoms with van der Waals surface area (Å²) in [6, 6.07) is 11.7. The van der Waals surface area contributed by atoms with Gasteiger partial charge in [-0.2, -0.15) is 0 Å². The molecule has 0 radical (unpaired) electrons. The average molecular weight is 365 g/mol. The fourth-order valence-electron chi connectivity index (χ4n) is 3.78. The van der Waals surface area contributed by atoms with Crippen LogP contribution in [0, 0.1) is 0 Å². The molecule has 140 valence electrons. The number of likely N-dealkylation sites (tertiary alicyclic amines) is 1. The summed E-state index contributed by atoms with van der Waals surface area (Å²) in [5, 5.41) is 0. The van der Waals surface area contributed by atoms with Crippen molar-refractivity contribution in [2.24, 2.45) is 0 Å². The molecule has 1 aliphatic heterocycles. The van der Waals surface area contributed by atoms with Gasteiger partial charge in [0.2, 0.25) is 5.91 Å². The molecule has 3 aromatic rings. The van der Waals surface area contributed by atoms with Gasteiger partial charge in [0.15, 0.2) is 0 Å². The van der Waals surface area contributed by atoms with E-state index < -0.39 is 0 Å². The minimum absolute atomic E-state index is 0.130. The van der Waals surface area contributed by atoms with Crippen LogP contribution in [0.5, 0.6) is 11.5 Å².